The van der Waals surface area contributed by atoms with Gasteiger partial charge in [-0.3, -0.25) is 4.98 Å². The smallest absolute Gasteiger partial charge is 0.0373 e. The van der Waals surface area contributed by atoms with Crippen molar-refractivity contribution in [1.29, 1.82) is 0 Å². The van der Waals surface area contributed by atoms with Crippen LogP contribution in [0.3, 0.4) is 0 Å². The third-order valence-corrected chi connectivity index (χ3v) is 1.17. The number of hydrogen-bond donors (Lipinski definition) is 0. The van der Waals surface area contributed by atoms with Gasteiger partial charge in [0.15, 0.2) is 0 Å². The number of hydrogen-bond acceptors (Lipinski definition) is 1. The summed E-state index contributed by atoms with van der Waals surface area (Å²) in [6, 6.07) is 3.96. The molecule has 0 saturated carbocycles. The first kappa shape index (κ1) is 9.37. The molecule has 1 heterocycles. The summed E-state index contributed by atoms with van der Waals surface area (Å²) in [5, 5.41) is 0. The fourth-order valence-electron chi connectivity index (χ4n) is 0.600. The number of pyridine rings is 1. The van der Waals surface area contributed by atoms with Gasteiger partial charge >= 0.3 is 0 Å². The second-order valence-corrected chi connectivity index (χ2v) is 1.94. The number of aryl methyl sites for hydroxylation is 1. The van der Waals surface area contributed by atoms with Crippen molar-refractivity contribution < 1.29 is 0 Å². The van der Waals surface area contributed by atoms with Crippen molar-refractivity contribution in [3.63, 3.8) is 0 Å². The molecule has 0 atom stereocenters. The molecule has 2 heteroatoms. The number of rotatable bonds is 1. The van der Waals surface area contributed by atoms with Gasteiger partial charge in [-0.15, -0.1) is 17.0 Å². The molecule has 0 aliphatic heterocycles. The van der Waals surface area contributed by atoms with Crippen LogP contribution in [0.15, 0.2) is 24.9 Å². The van der Waals surface area contributed by atoms with Crippen molar-refractivity contribution in [3.05, 3.63) is 36.2 Å². The Balaban J connectivity index is 0.000000810. The quantitative estimate of drug-likeness (QED) is 0.678. The lowest BCUT2D eigenvalue weighted by molar-refractivity contribution is 1.19. The summed E-state index contributed by atoms with van der Waals surface area (Å²) in [6.45, 7) is 5.59. The second-order valence-electron chi connectivity index (χ2n) is 1.94. The Labute approximate surface area is 71.6 Å². The van der Waals surface area contributed by atoms with Crippen LogP contribution in [0.5, 0.6) is 0 Å². The minimum atomic E-state index is 0. The summed E-state index contributed by atoms with van der Waals surface area (Å²) in [5.74, 6) is 0. The molecule has 54 valence electrons. The maximum atomic E-state index is 4.08. The first-order chi connectivity index (χ1) is 4.33. The normalized spacial score (nSPS) is 8.10. The standard InChI is InChI=1S/C8H9N.BrH/c1-3-8-5-4-7(2)9-6-8;/h3-6H,1H2,2H3;1H. The summed E-state index contributed by atoms with van der Waals surface area (Å²) in [4.78, 5) is 4.08. The highest BCUT2D eigenvalue weighted by Gasteiger charge is 1.83. The molecule has 0 N–H and O–H groups in total. The van der Waals surface area contributed by atoms with E-state index >= 15 is 0 Å². The van der Waals surface area contributed by atoms with Crippen LogP contribution in [-0.4, -0.2) is 4.98 Å². The van der Waals surface area contributed by atoms with Crippen molar-refractivity contribution in [1.82, 2.24) is 4.98 Å². The molecule has 0 aliphatic carbocycles. The number of halogens is 1. The fraction of sp³-hybridized carbons (Fsp3) is 0.125. The Bertz CT molecular complexity index is 203. The average Bonchev–Trinajstić information content (AvgIpc) is 1.90. The predicted molar refractivity (Wildman–Crippen MR) is 49.4 cm³/mol. The van der Waals surface area contributed by atoms with E-state index in [0.29, 0.717) is 0 Å². The first-order valence-corrected chi connectivity index (χ1v) is 2.88. The second kappa shape index (κ2) is 4.23. The highest BCUT2D eigenvalue weighted by Crippen LogP contribution is 1.98. The SMILES string of the molecule is Br.C=Cc1ccc(C)nc1. The summed E-state index contributed by atoms with van der Waals surface area (Å²) in [5.41, 5.74) is 2.11. The monoisotopic (exact) mass is 199 g/mol. The van der Waals surface area contributed by atoms with Gasteiger partial charge < -0.3 is 0 Å². The molecule has 0 amide bonds. The summed E-state index contributed by atoms with van der Waals surface area (Å²) >= 11 is 0. The van der Waals surface area contributed by atoms with Gasteiger partial charge in [-0.1, -0.05) is 18.7 Å². The van der Waals surface area contributed by atoms with E-state index in [1.807, 2.05) is 25.3 Å². The van der Waals surface area contributed by atoms with E-state index in [9.17, 15) is 0 Å². The molecule has 0 saturated heterocycles. The first-order valence-electron chi connectivity index (χ1n) is 2.88. The summed E-state index contributed by atoms with van der Waals surface area (Å²) < 4.78 is 0. The zero-order valence-electron chi connectivity index (χ0n) is 5.87. The van der Waals surface area contributed by atoms with E-state index in [-0.39, 0.29) is 17.0 Å². The van der Waals surface area contributed by atoms with Crippen molar-refractivity contribution in [3.8, 4) is 0 Å². The van der Waals surface area contributed by atoms with Crippen LogP contribution in [0.2, 0.25) is 0 Å². The largest absolute Gasteiger partial charge is 0.261 e. The topological polar surface area (TPSA) is 12.9 Å². The Morgan fingerprint density at radius 3 is 2.60 bits per heavy atom. The van der Waals surface area contributed by atoms with Crippen LogP contribution in [-0.2, 0) is 0 Å². The molecular weight excluding hydrogens is 190 g/mol. The zero-order chi connectivity index (χ0) is 6.69. The molecule has 0 aliphatic rings. The maximum Gasteiger partial charge on any atom is 0.0373 e. The molecule has 0 unspecified atom stereocenters. The molecule has 0 bridgehead atoms. The summed E-state index contributed by atoms with van der Waals surface area (Å²) in [7, 11) is 0. The third-order valence-electron chi connectivity index (χ3n) is 1.17. The van der Waals surface area contributed by atoms with Gasteiger partial charge in [0.1, 0.15) is 0 Å². The molecular formula is C8H10BrN. The van der Waals surface area contributed by atoms with E-state index in [1.54, 1.807) is 6.08 Å². The van der Waals surface area contributed by atoms with E-state index in [2.05, 4.69) is 11.6 Å². The number of aromatic nitrogens is 1. The van der Waals surface area contributed by atoms with Crippen LogP contribution < -0.4 is 0 Å². The van der Waals surface area contributed by atoms with Crippen LogP contribution in [0.4, 0.5) is 0 Å². The molecule has 1 nitrogen and oxygen atoms in total. The third kappa shape index (κ3) is 2.31. The molecule has 1 aromatic heterocycles. The van der Waals surface area contributed by atoms with Gasteiger partial charge in [0.25, 0.3) is 0 Å². The van der Waals surface area contributed by atoms with Crippen molar-refractivity contribution in [2.75, 3.05) is 0 Å². The predicted octanol–water partition coefficient (Wildman–Crippen LogP) is 2.61. The van der Waals surface area contributed by atoms with E-state index < -0.39 is 0 Å². The Hall–Kier alpha value is -0.630. The molecule has 0 fully saturated rings. The van der Waals surface area contributed by atoms with Gasteiger partial charge in [-0.2, -0.15) is 0 Å². The maximum absolute atomic E-state index is 4.08. The van der Waals surface area contributed by atoms with Gasteiger partial charge in [-0.25, -0.2) is 0 Å². The van der Waals surface area contributed by atoms with Crippen LogP contribution in [0.25, 0.3) is 6.08 Å². The van der Waals surface area contributed by atoms with Crippen molar-refractivity contribution >= 4 is 23.1 Å². The lowest BCUT2D eigenvalue weighted by Crippen LogP contribution is -1.78. The Morgan fingerprint density at radius 1 is 1.50 bits per heavy atom. The fourth-order valence-corrected chi connectivity index (χ4v) is 0.600. The van der Waals surface area contributed by atoms with Crippen LogP contribution >= 0.6 is 17.0 Å². The average molecular weight is 200 g/mol. The van der Waals surface area contributed by atoms with Gasteiger partial charge in [0.2, 0.25) is 0 Å². The molecule has 1 rings (SSSR count). The highest BCUT2D eigenvalue weighted by molar-refractivity contribution is 8.93. The molecule has 10 heavy (non-hydrogen) atoms. The molecule has 0 aromatic carbocycles. The minimum absolute atomic E-state index is 0. The van der Waals surface area contributed by atoms with E-state index in [1.165, 1.54) is 0 Å². The molecule has 0 spiro atoms. The zero-order valence-corrected chi connectivity index (χ0v) is 7.59. The van der Waals surface area contributed by atoms with Gasteiger partial charge in [-0.05, 0) is 18.6 Å². The van der Waals surface area contributed by atoms with Crippen molar-refractivity contribution in [2.24, 2.45) is 0 Å². The Kier molecular flexibility index (Phi) is 3.96. The van der Waals surface area contributed by atoms with Crippen LogP contribution in [0, 0.1) is 6.92 Å². The molecule has 1 aromatic rings. The minimum Gasteiger partial charge on any atom is -0.261 e. The van der Waals surface area contributed by atoms with Gasteiger partial charge in [0, 0.05) is 11.9 Å². The molecule has 0 radical (unpaired) electrons. The van der Waals surface area contributed by atoms with E-state index in [4.69, 9.17) is 0 Å². The van der Waals surface area contributed by atoms with Crippen molar-refractivity contribution in [2.45, 2.75) is 6.92 Å². The van der Waals surface area contributed by atoms with Crippen LogP contribution in [0.1, 0.15) is 11.3 Å². The lowest BCUT2D eigenvalue weighted by Gasteiger charge is -1.90. The van der Waals surface area contributed by atoms with Gasteiger partial charge in [0.05, 0.1) is 0 Å². The summed E-state index contributed by atoms with van der Waals surface area (Å²) in [6.07, 6.45) is 3.59. The highest BCUT2D eigenvalue weighted by atomic mass is 79.9. The van der Waals surface area contributed by atoms with E-state index in [0.717, 1.165) is 11.3 Å². The lowest BCUT2D eigenvalue weighted by atomic mass is 10.2. The Morgan fingerprint density at radius 2 is 2.20 bits per heavy atom. The number of nitrogens with zero attached hydrogens (tertiary/aromatic N) is 1.